The van der Waals surface area contributed by atoms with Crippen LogP contribution in [0.25, 0.3) is 0 Å². The van der Waals surface area contributed by atoms with Crippen LogP contribution in [0.5, 0.6) is 11.6 Å². The smallest absolute Gasteiger partial charge is 0.337 e. The zero-order valence-corrected chi connectivity index (χ0v) is 15.7. The molecule has 7 nitrogen and oxygen atoms in total. The summed E-state index contributed by atoms with van der Waals surface area (Å²) >= 11 is 0. The molecule has 1 heterocycles. The first-order valence-corrected chi connectivity index (χ1v) is 8.48. The number of aryl methyl sites for hydroxylation is 2. The van der Waals surface area contributed by atoms with Crippen molar-refractivity contribution in [2.24, 2.45) is 0 Å². The molecule has 7 heteroatoms. The van der Waals surface area contributed by atoms with Gasteiger partial charge in [0.25, 0.3) is 0 Å². The van der Waals surface area contributed by atoms with Crippen LogP contribution in [0.3, 0.4) is 0 Å². The van der Waals surface area contributed by atoms with E-state index in [2.05, 4.69) is 21.4 Å². The first-order chi connectivity index (χ1) is 13.5. The molecule has 0 saturated heterocycles. The normalized spacial score (nSPS) is 10.1. The van der Waals surface area contributed by atoms with E-state index in [4.69, 9.17) is 14.7 Å². The molecule has 140 valence electrons. The molecular weight excluding hydrogens is 356 g/mol. The van der Waals surface area contributed by atoms with Gasteiger partial charge in [-0.2, -0.15) is 10.2 Å². The van der Waals surface area contributed by atoms with Crippen molar-refractivity contribution in [1.82, 2.24) is 9.97 Å². The van der Waals surface area contributed by atoms with Gasteiger partial charge in [-0.1, -0.05) is 0 Å². The summed E-state index contributed by atoms with van der Waals surface area (Å²) in [6.45, 7) is 3.71. The molecule has 3 rings (SSSR count). The lowest BCUT2D eigenvalue weighted by atomic mass is 10.1. The highest BCUT2D eigenvalue weighted by Crippen LogP contribution is 2.29. The summed E-state index contributed by atoms with van der Waals surface area (Å²) in [5.74, 6) is 0.955. The molecule has 3 aromatic rings. The average Bonchev–Trinajstić information content (AvgIpc) is 2.71. The number of anilines is 2. The molecule has 0 saturated carbocycles. The number of rotatable bonds is 5. The van der Waals surface area contributed by atoms with Crippen molar-refractivity contribution in [3.8, 4) is 17.7 Å². The fourth-order valence-electron chi connectivity index (χ4n) is 2.67. The van der Waals surface area contributed by atoms with Crippen LogP contribution in [0.2, 0.25) is 0 Å². The van der Waals surface area contributed by atoms with Crippen molar-refractivity contribution in [1.29, 1.82) is 5.26 Å². The van der Waals surface area contributed by atoms with Crippen LogP contribution in [-0.4, -0.2) is 23.0 Å². The molecule has 0 unspecified atom stereocenters. The summed E-state index contributed by atoms with van der Waals surface area (Å²) in [5.41, 5.74) is 3.38. The zero-order valence-electron chi connectivity index (χ0n) is 15.7. The SMILES string of the molecule is COC(=O)c1cc(C)c(Oc2ccnc(Nc3ccc(C#N)cc3)n2)c(C)c1. The number of hydrogen-bond donors (Lipinski definition) is 1. The number of nitrogens with one attached hydrogen (secondary N) is 1. The lowest BCUT2D eigenvalue weighted by Crippen LogP contribution is -2.04. The highest BCUT2D eigenvalue weighted by Gasteiger charge is 2.13. The summed E-state index contributed by atoms with van der Waals surface area (Å²) in [5, 5.41) is 11.9. The number of carbonyl (C=O) groups excluding carboxylic acids is 1. The minimum atomic E-state index is -0.395. The predicted molar refractivity (Wildman–Crippen MR) is 104 cm³/mol. The Morgan fingerprint density at radius 1 is 1.11 bits per heavy atom. The monoisotopic (exact) mass is 374 g/mol. The Balaban J connectivity index is 1.81. The van der Waals surface area contributed by atoms with E-state index in [1.807, 2.05) is 13.8 Å². The lowest BCUT2D eigenvalue weighted by Gasteiger charge is -2.13. The molecule has 0 fully saturated rings. The molecule has 0 bridgehead atoms. The maximum atomic E-state index is 11.7. The van der Waals surface area contributed by atoms with Gasteiger partial charge in [0.2, 0.25) is 11.8 Å². The summed E-state index contributed by atoms with van der Waals surface area (Å²) in [7, 11) is 1.35. The van der Waals surface area contributed by atoms with E-state index in [0.29, 0.717) is 28.7 Å². The maximum Gasteiger partial charge on any atom is 0.337 e. The van der Waals surface area contributed by atoms with E-state index in [1.165, 1.54) is 7.11 Å². The highest BCUT2D eigenvalue weighted by molar-refractivity contribution is 5.90. The number of benzene rings is 2. The van der Waals surface area contributed by atoms with Gasteiger partial charge in [0.15, 0.2) is 0 Å². The van der Waals surface area contributed by atoms with Crippen LogP contribution in [0.4, 0.5) is 11.6 Å². The minimum absolute atomic E-state index is 0.364. The van der Waals surface area contributed by atoms with Crippen LogP contribution in [-0.2, 0) is 4.74 Å². The Labute approximate surface area is 162 Å². The van der Waals surface area contributed by atoms with E-state index in [0.717, 1.165) is 16.8 Å². The van der Waals surface area contributed by atoms with Gasteiger partial charge in [-0.25, -0.2) is 9.78 Å². The van der Waals surface area contributed by atoms with Crippen LogP contribution >= 0.6 is 0 Å². The van der Waals surface area contributed by atoms with Crippen molar-refractivity contribution in [2.75, 3.05) is 12.4 Å². The van der Waals surface area contributed by atoms with E-state index in [9.17, 15) is 4.79 Å². The second-order valence-corrected chi connectivity index (χ2v) is 6.07. The van der Waals surface area contributed by atoms with Gasteiger partial charge in [-0.3, -0.25) is 0 Å². The molecule has 1 N–H and O–H groups in total. The van der Waals surface area contributed by atoms with Gasteiger partial charge in [-0.15, -0.1) is 0 Å². The van der Waals surface area contributed by atoms with Gasteiger partial charge in [0.05, 0.1) is 24.3 Å². The number of nitrogens with zero attached hydrogens (tertiary/aromatic N) is 3. The molecule has 0 aliphatic heterocycles. The number of carbonyl (C=O) groups is 1. The Morgan fingerprint density at radius 2 is 1.79 bits per heavy atom. The molecule has 28 heavy (non-hydrogen) atoms. The Morgan fingerprint density at radius 3 is 2.39 bits per heavy atom. The highest BCUT2D eigenvalue weighted by atomic mass is 16.5. The van der Waals surface area contributed by atoms with Gasteiger partial charge in [0.1, 0.15) is 5.75 Å². The zero-order chi connectivity index (χ0) is 20.1. The number of methoxy groups -OCH3 is 1. The molecule has 2 aromatic carbocycles. The minimum Gasteiger partial charge on any atom is -0.465 e. The first kappa shape index (κ1) is 18.9. The standard InChI is InChI=1S/C21H18N4O3/c1-13-10-16(20(26)27-3)11-14(2)19(13)28-18-8-9-23-21(25-18)24-17-6-4-15(12-22)5-7-17/h4-11H,1-3H3,(H,23,24,25). The van der Waals surface area contributed by atoms with Crippen molar-refractivity contribution in [2.45, 2.75) is 13.8 Å². The number of esters is 1. The van der Waals surface area contributed by atoms with Crippen LogP contribution in [0, 0.1) is 25.2 Å². The van der Waals surface area contributed by atoms with Crippen molar-refractivity contribution in [3.63, 3.8) is 0 Å². The fourth-order valence-corrected chi connectivity index (χ4v) is 2.67. The summed E-state index contributed by atoms with van der Waals surface area (Å²) in [6, 6.07) is 14.1. The third kappa shape index (κ3) is 4.24. The predicted octanol–water partition coefficient (Wildman–Crippen LogP) is 4.29. The molecule has 0 radical (unpaired) electrons. The van der Waals surface area contributed by atoms with E-state index in [1.54, 1.807) is 48.7 Å². The summed E-state index contributed by atoms with van der Waals surface area (Å²) < 4.78 is 10.7. The number of hydrogen-bond acceptors (Lipinski definition) is 7. The molecule has 1 aromatic heterocycles. The third-order valence-electron chi connectivity index (χ3n) is 3.99. The summed E-state index contributed by atoms with van der Waals surface area (Å²) in [6.07, 6.45) is 1.59. The van der Waals surface area contributed by atoms with Gasteiger partial charge in [0, 0.05) is 18.0 Å². The maximum absolute atomic E-state index is 11.7. The van der Waals surface area contributed by atoms with Crippen molar-refractivity contribution < 1.29 is 14.3 Å². The van der Waals surface area contributed by atoms with Crippen LogP contribution in [0.15, 0.2) is 48.7 Å². The van der Waals surface area contributed by atoms with Crippen molar-refractivity contribution >= 4 is 17.6 Å². The lowest BCUT2D eigenvalue weighted by molar-refractivity contribution is 0.0600. The van der Waals surface area contributed by atoms with Crippen LogP contribution in [0.1, 0.15) is 27.0 Å². The molecule has 0 atom stereocenters. The number of nitriles is 1. The van der Waals surface area contributed by atoms with E-state index >= 15 is 0 Å². The summed E-state index contributed by atoms with van der Waals surface area (Å²) in [4.78, 5) is 20.3. The molecule has 0 aliphatic rings. The fraction of sp³-hybridized carbons (Fsp3) is 0.143. The second-order valence-electron chi connectivity index (χ2n) is 6.07. The molecule has 0 aliphatic carbocycles. The Bertz CT molecular complexity index is 1030. The molecular formula is C21H18N4O3. The van der Waals surface area contributed by atoms with E-state index in [-0.39, 0.29) is 0 Å². The molecule has 0 amide bonds. The van der Waals surface area contributed by atoms with Crippen LogP contribution < -0.4 is 10.1 Å². The first-order valence-electron chi connectivity index (χ1n) is 8.48. The largest absolute Gasteiger partial charge is 0.465 e. The van der Waals surface area contributed by atoms with Crippen molar-refractivity contribution in [3.05, 3.63) is 70.9 Å². The number of aromatic nitrogens is 2. The quantitative estimate of drug-likeness (QED) is 0.665. The third-order valence-corrected chi connectivity index (χ3v) is 3.99. The number of ether oxygens (including phenoxy) is 2. The topological polar surface area (TPSA) is 97.1 Å². The van der Waals surface area contributed by atoms with E-state index < -0.39 is 5.97 Å². The average molecular weight is 374 g/mol. The Kier molecular flexibility index (Phi) is 5.51. The van der Waals surface area contributed by atoms with Gasteiger partial charge >= 0.3 is 5.97 Å². The van der Waals surface area contributed by atoms with Gasteiger partial charge < -0.3 is 14.8 Å². The second kappa shape index (κ2) is 8.18. The Hall–Kier alpha value is -3.92. The van der Waals surface area contributed by atoms with Gasteiger partial charge in [-0.05, 0) is 61.4 Å². The molecule has 0 spiro atoms.